The highest BCUT2D eigenvalue weighted by atomic mass is 14.2. The second-order valence-corrected chi connectivity index (χ2v) is 4.80. The van der Waals surface area contributed by atoms with Crippen LogP contribution in [-0.4, -0.2) is 0 Å². The lowest BCUT2D eigenvalue weighted by Crippen LogP contribution is -1.90. The van der Waals surface area contributed by atoms with Crippen LogP contribution in [0.25, 0.3) is 11.1 Å². The first kappa shape index (κ1) is 12.4. The van der Waals surface area contributed by atoms with Crippen LogP contribution >= 0.6 is 0 Å². The monoisotopic (exact) mass is 235 g/mol. The van der Waals surface area contributed by atoms with E-state index in [1.807, 2.05) is 6.07 Å². The van der Waals surface area contributed by atoms with E-state index in [9.17, 15) is 0 Å². The Hall–Kier alpha value is -2.07. The Balaban J connectivity index is 2.48. The zero-order chi connectivity index (χ0) is 13.1. The topological polar surface area (TPSA) is 23.8 Å². The van der Waals surface area contributed by atoms with E-state index < -0.39 is 0 Å². The highest BCUT2D eigenvalue weighted by Gasteiger charge is 2.06. The Labute approximate surface area is 109 Å². The third-order valence-corrected chi connectivity index (χ3v) is 3.25. The normalized spacial score (nSPS) is 10.1. The number of nitrogens with zero attached hydrogens (tertiary/aromatic N) is 1. The van der Waals surface area contributed by atoms with Crippen LogP contribution in [0.4, 0.5) is 0 Å². The molecule has 0 amide bonds. The molecule has 2 aromatic carbocycles. The van der Waals surface area contributed by atoms with Crippen LogP contribution in [0, 0.1) is 32.1 Å². The second-order valence-electron chi connectivity index (χ2n) is 4.80. The van der Waals surface area contributed by atoms with Gasteiger partial charge in [-0.05, 0) is 48.6 Å². The van der Waals surface area contributed by atoms with Crippen LogP contribution in [0.2, 0.25) is 0 Å². The summed E-state index contributed by atoms with van der Waals surface area (Å²) in [6.07, 6.45) is 0.480. The highest BCUT2D eigenvalue weighted by molar-refractivity contribution is 5.71. The lowest BCUT2D eigenvalue weighted by Gasteiger charge is -2.11. The summed E-state index contributed by atoms with van der Waals surface area (Å²) in [5, 5.41) is 8.72. The van der Waals surface area contributed by atoms with Crippen LogP contribution in [0.1, 0.15) is 22.3 Å². The SMILES string of the molecule is Cc1ccc(-c2ccc(CC#N)cc2C)c(C)c1. The molecule has 0 aliphatic heterocycles. The summed E-state index contributed by atoms with van der Waals surface area (Å²) in [4.78, 5) is 0. The average Bonchev–Trinajstić information content (AvgIpc) is 2.31. The van der Waals surface area contributed by atoms with Gasteiger partial charge < -0.3 is 0 Å². The van der Waals surface area contributed by atoms with Gasteiger partial charge in [0.15, 0.2) is 0 Å². The van der Waals surface area contributed by atoms with Gasteiger partial charge in [-0.25, -0.2) is 0 Å². The fourth-order valence-corrected chi connectivity index (χ4v) is 2.35. The molecule has 0 unspecified atom stereocenters. The summed E-state index contributed by atoms with van der Waals surface area (Å²) in [7, 11) is 0. The summed E-state index contributed by atoms with van der Waals surface area (Å²) in [5.41, 5.74) is 7.44. The molecule has 0 aliphatic rings. The van der Waals surface area contributed by atoms with E-state index in [1.165, 1.54) is 27.8 Å². The van der Waals surface area contributed by atoms with Gasteiger partial charge in [0.25, 0.3) is 0 Å². The molecule has 1 nitrogen and oxygen atoms in total. The minimum absolute atomic E-state index is 0.480. The molecule has 0 aliphatic carbocycles. The Bertz CT molecular complexity index is 618. The molecule has 0 bridgehead atoms. The zero-order valence-corrected chi connectivity index (χ0v) is 11.1. The predicted octanol–water partition coefficient (Wildman–Crippen LogP) is 4.34. The molecule has 0 aromatic heterocycles. The maximum absolute atomic E-state index is 8.72. The molecule has 0 N–H and O–H groups in total. The zero-order valence-electron chi connectivity index (χ0n) is 11.1. The molecule has 90 valence electrons. The van der Waals surface area contributed by atoms with Gasteiger partial charge in [-0.3, -0.25) is 0 Å². The van der Waals surface area contributed by atoms with Gasteiger partial charge in [0, 0.05) is 0 Å². The van der Waals surface area contributed by atoms with Crippen molar-refractivity contribution in [2.45, 2.75) is 27.2 Å². The van der Waals surface area contributed by atoms with Gasteiger partial charge in [-0.2, -0.15) is 5.26 Å². The molecule has 0 heterocycles. The maximum Gasteiger partial charge on any atom is 0.0669 e. The third kappa shape index (κ3) is 2.43. The largest absolute Gasteiger partial charge is 0.198 e. The average molecular weight is 235 g/mol. The standard InChI is InChI=1S/C17H17N/c1-12-4-6-16(13(2)10-12)17-7-5-15(8-9-18)11-14(17)3/h4-7,10-11H,8H2,1-3H3. The summed E-state index contributed by atoms with van der Waals surface area (Å²) in [5.74, 6) is 0. The summed E-state index contributed by atoms with van der Waals surface area (Å²) in [6.45, 7) is 6.36. The van der Waals surface area contributed by atoms with Gasteiger partial charge in [0.05, 0.1) is 12.5 Å². The summed E-state index contributed by atoms with van der Waals surface area (Å²) < 4.78 is 0. The number of hydrogen-bond donors (Lipinski definition) is 0. The third-order valence-electron chi connectivity index (χ3n) is 3.25. The van der Waals surface area contributed by atoms with E-state index >= 15 is 0 Å². The van der Waals surface area contributed by atoms with Gasteiger partial charge >= 0.3 is 0 Å². The van der Waals surface area contributed by atoms with Crippen LogP contribution in [0.15, 0.2) is 36.4 Å². The van der Waals surface area contributed by atoms with Gasteiger partial charge in [0.2, 0.25) is 0 Å². The lowest BCUT2D eigenvalue weighted by atomic mass is 9.94. The second kappa shape index (κ2) is 5.06. The van der Waals surface area contributed by atoms with Crippen LogP contribution in [0.5, 0.6) is 0 Å². The molecule has 0 spiro atoms. The molecule has 2 rings (SSSR count). The summed E-state index contributed by atoms with van der Waals surface area (Å²) >= 11 is 0. The van der Waals surface area contributed by atoms with E-state index in [2.05, 4.69) is 57.2 Å². The lowest BCUT2D eigenvalue weighted by molar-refractivity contribution is 1.24. The minimum Gasteiger partial charge on any atom is -0.198 e. The van der Waals surface area contributed by atoms with Crippen molar-refractivity contribution in [3.63, 3.8) is 0 Å². The van der Waals surface area contributed by atoms with Gasteiger partial charge in [0.1, 0.15) is 0 Å². The Morgan fingerprint density at radius 3 is 2.06 bits per heavy atom. The molecule has 0 saturated heterocycles. The number of aryl methyl sites for hydroxylation is 3. The molecular formula is C17H17N. The molecular weight excluding hydrogens is 218 g/mol. The molecule has 0 atom stereocenters. The fraction of sp³-hybridized carbons (Fsp3) is 0.235. The van der Waals surface area contributed by atoms with Crippen molar-refractivity contribution in [1.82, 2.24) is 0 Å². The number of benzene rings is 2. The number of rotatable bonds is 2. The first-order valence-electron chi connectivity index (χ1n) is 6.16. The van der Waals surface area contributed by atoms with E-state index in [0.29, 0.717) is 6.42 Å². The smallest absolute Gasteiger partial charge is 0.0669 e. The number of nitriles is 1. The Morgan fingerprint density at radius 1 is 0.889 bits per heavy atom. The minimum atomic E-state index is 0.480. The van der Waals surface area contributed by atoms with Crippen molar-refractivity contribution in [2.24, 2.45) is 0 Å². The van der Waals surface area contributed by atoms with E-state index in [-0.39, 0.29) is 0 Å². The van der Waals surface area contributed by atoms with Crippen LogP contribution in [0.3, 0.4) is 0 Å². The van der Waals surface area contributed by atoms with Crippen molar-refractivity contribution in [3.05, 3.63) is 58.7 Å². The first-order chi connectivity index (χ1) is 8.61. The molecule has 0 fully saturated rings. The van der Waals surface area contributed by atoms with Crippen LogP contribution < -0.4 is 0 Å². The predicted molar refractivity (Wildman–Crippen MR) is 75.4 cm³/mol. The van der Waals surface area contributed by atoms with Crippen molar-refractivity contribution >= 4 is 0 Å². The molecule has 1 heteroatoms. The fourth-order valence-electron chi connectivity index (χ4n) is 2.35. The number of hydrogen-bond acceptors (Lipinski definition) is 1. The first-order valence-corrected chi connectivity index (χ1v) is 6.16. The van der Waals surface area contributed by atoms with E-state index in [4.69, 9.17) is 5.26 Å². The Kier molecular flexibility index (Phi) is 3.48. The van der Waals surface area contributed by atoms with Crippen molar-refractivity contribution < 1.29 is 0 Å². The maximum atomic E-state index is 8.72. The molecule has 0 saturated carbocycles. The van der Waals surface area contributed by atoms with Crippen molar-refractivity contribution in [2.75, 3.05) is 0 Å². The highest BCUT2D eigenvalue weighted by Crippen LogP contribution is 2.28. The molecule has 18 heavy (non-hydrogen) atoms. The van der Waals surface area contributed by atoms with E-state index in [0.717, 1.165) is 5.56 Å². The van der Waals surface area contributed by atoms with Crippen LogP contribution in [-0.2, 0) is 6.42 Å². The molecule has 2 aromatic rings. The summed E-state index contributed by atoms with van der Waals surface area (Å²) in [6, 6.07) is 15.0. The van der Waals surface area contributed by atoms with Crippen molar-refractivity contribution in [3.8, 4) is 17.2 Å². The molecule has 0 radical (unpaired) electrons. The van der Waals surface area contributed by atoms with Gasteiger partial charge in [-0.1, -0.05) is 42.0 Å². The van der Waals surface area contributed by atoms with Crippen molar-refractivity contribution in [1.29, 1.82) is 5.26 Å². The van der Waals surface area contributed by atoms with Gasteiger partial charge in [-0.15, -0.1) is 0 Å². The quantitative estimate of drug-likeness (QED) is 0.759. The Morgan fingerprint density at radius 2 is 1.50 bits per heavy atom. The van der Waals surface area contributed by atoms with E-state index in [1.54, 1.807) is 0 Å².